The summed E-state index contributed by atoms with van der Waals surface area (Å²) in [6.07, 6.45) is 5.07. The number of ether oxygens (including phenoxy) is 1. The monoisotopic (exact) mass is 459 g/mol. The molecule has 0 bridgehead atoms. The normalized spacial score (nSPS) is 16.1. The largest absolute Gasteiger partial charge is 0.378 e. The fraction of sp³-hybridized carbons (Fsp3) is 0.429. The van der Waals surface area contributed by atoms with Crippen LogP contribution in [0.15, 0.2) is 53.3 Å². The second-order valence-electron chi connectivity index (χ2n) is 9.46. The maximum absolute atomic E-state index is 13.3. The zero-order chi connectivity index (χ0) is 23.7. The SMILES string of the molecule is CCn1c(=O)cc(N2CCOCC2)c2cc(N(C)C(=O)c3ccc(CCC4CC4)cc3)ccc21. The molecule has 0 radical (unpaired) electrons. The molecule has 5 rings (SSSR count). The Bertz CT molecular complexity index is 1240. The summed E-state index contributed by atoms with van der Waals surface area (Å²) in [6, 6.07) is 15.7. The first kappa shape index (κ1) is 22.7. The van der Waals surface area contributed by atoms with Crippen molar-refractivity contribution in [2.75, 3.05) is 43.2 Å². The van der Waals surface area contributed by atoms with E-state index in [0.29, 0.717) is 25.3 Å². The van der Waals surface area contributed by atoms with Crippen molar-refractivity contribution < 1.29 is 9.53 Å². The van der Waals surface area contributed by atoms with Crippen LogP contribution in [0.4, 0.5) is 11.4 Å². The Kier molecular flexibility index (Phi) is 6.42. The van der Waals surface area contributed by atoms with E-state index in [9.17, 15) is 9.59 Å². The van der Waals surface area contributed by atoms with Crippen molar-refractivity contribution in [3.05, 3.63) is 70.0 Å². The minimum Gasteiger partial charge on any atom is -0.378 e. The van der Waals surface area contributed by atoms with Gasteiger partial charge in [-0.3, -0.25) is 9.59 Å². The molecule has 6 nitrogen and oxygen atoms in total. The molecule has 0 N–H and O–H groups in total. The maximum Gasteiger partial charge on any atom is 0.258 e. The van der Waals surface area contributed by atoms with E-state index in [-0.39, 0.29) is 11.5 Å². The van der Waals surface area contributed by atoms with E-state index >= 15 is 0 Å². The number of carbonyl (C=O) groups is 1. The molecular weight excluding hydrogens is 426 g/mol. The number of pyridine rings is 1. The van der Waals surface area contributed by atoms with Crippen LogP contribution in [-0.2, 0) is 17.7 Å². The Morgan fingerprint density at radius 3 is 2.47 bits per heavy atom. The number of benzene rings is 2. The van der Waals surface area contributed by atoms with E-state index < -0.39 is 0 Å². The van der Waals surface area contributed by atoms with E-state index in [1.54, 1.807) is 15.5 Å². The summed E-state index contributed by atoms with van der Waals surface area (Å²) in [5, 5.41) is 0.982. The van der Waals surface area contributed by atoms with Crippen LogP contribution in [0, 0.1) is 5.92 Å². The van der Waals surface area contributed by atoms with E-state index in [0.717, 1.165) is 47.7 Å². The summed E-state index contributed by atoms with van der Waals surface area (Å²) in [5.74, 6) is 0.872. The third kappa shape index (κ3) is 4.60. The third-order valence-electron chi connectivity index (χ3n) is 7.17. The smallest absolute Gasteiger partial charge is 0.258 e. The van der Waals surface area contributed by atoms with Crippen LogP contribution < -0.4 is 15.4 Å². The molecule has 2 heterocycles. The van der Waals surface area contributed by atoms with Gasteiger partial charge in [-0.05, 0) is 61.6 Å². The molecule has 0 unspecified atom stereocenters. The average molecular weight is 460 g/mol. The van der Waals surface area contributed by atoms with Gasteiger partial charge in [-0.25, -0.2) is 0 Å². The lowest BCUT2D eigenvalue weighted by Crippen LogP contribution is -2.37. The quantitative estimate of drug-likeness (QED) is 0.523. The number of aryl methyl sites for hydroxylation is 2. The summed E-state index contributed by atoms with van der Waals surface area (Å²) >= 11 is 0. The van der Waals surface area contributed by atoms with Crippen molar-refractivity contribution in [1.29, 1.82) is 0 Å². The van der Waals surface area contributed by atoms with Crippen LogP contribution in [-0.4, -0.2) is 43.8 Å². The molecule has 1 amide bonds. The van der Waals surface area contributed by atoms with Gasteiger partial charge in [0.1, 0.15) is 0 Å². The highest BCUT2D eigenvalue weighted by molar-refractivity contribution is 6.07. The summed E-state index contributed by atoms with van der Waals surface area (Å²) in [6.45, 7) is 5.36. The molecule has 0 spiro atoms. The molecule has 1 aliphatic carbocycles. The van der Waals surface area contributed by atoms with E-state index in [1.807, 2.05) is 44.3 Å². The van der Waals surface area contributed by atoms with Crippen molar-refractivity contribution in [2.45, 2.75) is 39.2 Å². The van der Waals surface area contributed by atoms with Crippen LogP contribution in [0.3, 0.4) is 0 Å². The Labute approximate surface area is 200 Å². The molecule has 1 aliphatic heterocycles. The lowest BCUT2D eigenvalue weighted by molar-refractivity contribution is 0.0993. The number of carbonyl (C=O) groups excluding carboxylic acids is 1. The van der Waals surface area contributed by atoms with Gasteiger partial charge >= 0.3 is 0 Å². The molecule has 178 valence electrons. The number of hydrogen-bond acceptors (Lipinski definition) is 4. The van der Waals surface area contributed by atoms with Gasteiger partial charge in [-0.15, -0.1) is 0 Å². The predicted molar refractivity (Wildman–Crippen MR) is 137 cm³/mol. The summed E-state index contributed by atoms with van der Waals surface area (Å²) in [4.78, 5) is 30.0. The zero-order valence-electron chi connectivity index (χ0n) is 20.1. The number of aromatic nitrogens is 1. The second kappa shape index (κ2) is 9.63. The molecular formula is C28H33N3O3. The van der Waals surface area contributed by atoms with Crippen molar-refractivity contribution in [3.8, 4) is 0 Å². The van der Waals surface area contributed by atoms with Gasteiger partial charge in [-0.1, -0.05) is 25.0 Å². The topological polar surface area (TPSA) is 54.8 Å². The van der Waals surface area contributed by atoms with E-state index in [2.05, 4.69) is 17.0 Å². The summed E-state index contributed by atoms with van der Waals surface area (Å²) in [7, 11) is 1.81. The first-order valence-corrected chi connectivity index (χ1v) is 12.4. The minimum atomic E-state index is -0.0372. The Morgan fingerprint density at radius 2 is 1.79 bits per heavy atom. The van der Waals surface area contributed by atoms with Gasteiger partial charge in [0.2, 0.25) is 0 Å². The zero-order valence-corrected chi connectivity index (χ0v) is 20.1. The summed E-state index contributed by atoms with van der Waals surface area (Å²) in [5.41, 5.74) is 4.59. The highest BCUT2D eigenvalue weighted by Gasteiger charge is 2.21. The predicted octanol–water partition coefficient (Wildman–Crippen LogP) is 4.48. The molecule has 1 saturated carbocycles. The minimum absolute atomic E-state index is 0.00421. The van der Waals surface area contributed by atoms with Gasteiger partial charge in [0.25, 0.3) is 11.5 Å². The standard InChI is InChI=1S/C28H33N3O3/c1-3-31-25-13-12-23(18-24(25)26(19-27(31)32)30-14-16-34-17-15-30)29(2)28(33)22-10-8-21(9-11-22)7-6-20-4-5-20/h8-13,18-20H,3-7,14-17H2,1-2H3. The molecule has 3 aromatic rings. The van der Waals surface area contributed by atoms with Gasteiger partial charge in [0.05, 0.1) is 24.4 Å². The molecule has 2 aromatic carbocycles. The number of morpholine rings is 1. The van der Waals surface area contributed by atoms with Crippen LogP contribution in [0.5, 0.6) is 0 Å². The number of amides is 1. The number of fused-ring (bicyclic) bond motifs is 1. The van der Waals surface area contributed by atoms with Gasteiger partial charge in [0, 0.05) is 49.4 Å². The van der Waals surface area contributed by atoms with Crippen LogP contribution in [0.25, 0.3) is 10.9 Å². The van der Waals surface area contributed by atoms with Crippen molar-refractivity contribution in [3.63, 3.8) is 0 Å². The van der Waals surface area contributed by atoms with E-state index in [1.165, 1.54) is 24.8 Å². The van der Waals surface area contributed by atoms with Crippen LogP contribution in [0.1, 0.15) is 42.1 Å². The molecule has 2 aliphatic rings. The van der Waals surface area contributed by atoms with Gasteiger partial charge in [0.15, 0.2) is 0 Å². The van der Waals surface area contributed by atoms with Crippen molar-refractivity contribution in [2.24, 2.45) is 5.92 Å². The average Bonchev–Trinajstić information content (AvgIpc) is 3.71. The molecule has 1 saturated heterocycles. The third-order valence-corrected chi connectivity index (χ3v) is 7.17. The van der Waals surface area contributed by atoms with Crippen LogP contribution in [0.2, 0.25) is 0 Å². The molecule has 2 fully saturated rings. The number of anilines is 2. The Balaban J connectivity index is 1.44. The number of hydrogen-bond donors (Lipinski definition) is 0. The first-order valence-electron chi connectivity index (χ1n) is 12.4. The fourth-order valence-electron chi connectivity index (χ4n) is 4.86. The first-order chi connectivity index (χ1) is 16.5. The number of nitrogens with zero attached hydrogens (tertiary/aromatic N) is 3. The summed E-state index contributed by atoms with van der Waals surface area (Å²) < 4.78 is 7.29. The maximum atomic E-state index is 13.3. The van der Waals surface area contributed by atoms with E-state index in [4.69, 9.17) is 4.74 Å². The highest BCUT2D eigenvalue weighted by Crippen LogP contribution is 2.33. The lowest BCUT2D eigenvalue weighted by atomic mass is 10.0. The van der Waals surface area contributed by atoms with Gasteiger partial charge in [-0.2, -0.15) is 0 Å². The molecule has 1 aromatic heterocycles. The van der Waals surface area contributed by atoms with Crippen molar-refractivity contribution >= 4 is 28.2 Å². The Morgan fingerprint density at radius 1 is 1.06 bits per heavy atom. The lowest BCUT2D eigenvalue weighted by Gasteiger charge is -2.30. The highest BCUT2D eigenvalue weighted by atomic mass is 16.5. The molecule has 6 heteroatoms. The molecule has 34 heavy (non-hydrogen) atoms. The fourth-order valence-corrected chi connectivity index (χ4v) is 4.86. The Hall–Kier alpha value is -3.12. The second-order valence-corrected chi connectivity index (χ2v) is 9.46. The van der Waals surface area contributed by atoms with Gasteiger partial charge < -0.3 is 19.1 Å². The number of rotatable bonds is 7. The van der Waals surface area contributed by atoms with Crippen LogP contribution >= 0.6 is 0 Å². The van der Waals surface area contributed by atoms with Crippen molar-refractivity contribution in [1.82, 2.24) is 4.57 Å². The molecule has 0 atom stereocenters.